The molecule has 0 bridgehead atoms. The molecule has 9 heteroatoms. The minimum atomic E-state index is -4.54. The van der Waals surface area contributed by atoms with Crippen LogP contribution in [0.1, 0.15) is 40.5 Å². The molecule has 4 rings (SSSR count). The molecule has 0 spiro atoms. The third-order valence-corrected chi connectivity index (χ3v) is 5.44. The number of likely N-dealkylation sites (tertiary alicyclic amines) is 1. The molecule has 0 aliphatic carbocycles. The molecule has 0 atom stereocenters. The lowest BCUT2D eigenvalue weighted by molar-refractivity contribution is -0.153. The molecule has 2 aromatic heterocycles. The summed E-state index contributed by atoms with van der Waals surface area (Å²) < 4.78 is 54.1. The Morgan fingerprint density at radius 1 is 1.19 bits per heavy atom. The van der Waals surface area contributed by atoms with Crippen molar-refractivity contribution in [3.63, 3.8) is 0 Å². The van der Waals surface area contributed by atoms with Gasteiger partial charge in [-0.1, -0.05) is 0 Å². The van der Waals surface area contributed by atoms with E-state index in [0.29, 0.717) is 28.0 Å². The van der Waals surface area contributed by atoms with Crippen molar-refractivity contribution in [3.8, 4) is 5.75 Å². The van der Waals surface area contributed by atoms with Gasteiger partial charge in [0, 0.05) is 11.4 Å². The Morgan fingerprint density at radius 3 is 2.61 bits per heavy atom. The average Bonchev–Trinajstić information content (AvgIpc) is 3.31. The lowest BCUT2D eigenvalue weighted by atomic mass is 10.0. The van der Waals surface area contributed by atoms with Gasteiger partial charge in [0.15, 0.2) is 0 Å². The summed E-state index contributed by atoms with van der Waals surface area (Å²) in [5.74, 6) is -0.329. The second-order valence-electron chi connectivity index (χ2n) is 7.79. The second kappa shape index (κ2) is 8.30. The Morgan fingerprint density at radius 2 is 1.94 bits per heavy atom. The third kappa shape index (κ3) is 4.71. The van der Waals surface area contributed by atoms with Crippen molar-refractivity contribution in [2.75, 3.05) is 20.1 Å². The fourth-order valence-electron chi connectivity index (χ4n) is 3.74. The van der Waals surface area contributed by atoms with Crippen LogP contribution in [0.3, 0.4) is 0 Å². The highest BCUT2D eigenvalue weighted by Gasteiger charge is 2.34. The van der Waals surface area contributed by atoms with Gasteiger partial charge in [-0.2, -0.15) is 13.2 Å². The van der Waals surface area contributed by atoms with Crippen LogP contribution in [0.25, 0.3) is 11.0 Å². The molecule has 1 aliphatic heterocycles. The normalized spacial score (nSPS) is 16.0. The Bertz CT molecular complexity index is 1080. The van der Waals surface area contributed by atoms with E-state index in [4.69, 9.17) is 13.6 Å². The van der Waals surface area contributed by atoms with Crippen molar-refractivity contribution < 1.29 is 31.5 Å². The first-order valence-electron chi connectivity index (χ1n) is 10.0. The van der Waals surface area contributed by atoms with Crippen LogP contribution in [0.4, 0.5) is 13.2 Å². The van der Waals surface area contributed by atoms with Crippen LogP contribution in [0, 0.1) is 6.92 Å². The van der Waals surface area contributed by atoms with Crippen LogP contribution in [0.5, 0.6) is 5.75 Å². The number of aryl methyl sites for hydroxylation is 1. The number of hydrogen-bond donors (Lipinski definition) is 1. The summed E-state index contributed by atoms with van der Waals surface area (Å²) in [4.78, 5) is 15.2. The summed E-state index contributed by atoms with van der Waals surface area (Å²) in [7, 11) is 2.06. The van der Waals surface area contributed by atoms with Gasteiger partial charge in [-0.15, -0.1) is 0 Å². The molecule has 0 saturated carbocycles. The van der Waals surface area contributed by atoms with Crippen LogP contribution in [0.2, 0.25) is 0 Å². The van der Waals surface area contributed by atoms with Crippen molar-refractivity contribution in [2.24, 2.45) is 0 Å². The van der Waals surface area contributed by atoms with E-state index in [2.05, 4.69) is 17.3 Å². The standard InChI is InChI=1S/C22H23F3N2O4/c1-13-20(21(28)26-14-7-9-27(2)10-8-14)17-11-15(3-5-18(17)30-13)29-12-16-4-6-19(31-16)22(23,24)25/h3-6,11,14H,7-10,12H2,1-2H3,(H,26,28). The Balaban J connectivity index is 1.49. The van der Waals surface area contributed by atoms with Crippen molar-refractivity contribution in [2.45, 2.75) is 38.6 Å². The van der Waals surface area contributed by atoms with Gasteiger partial charge in [0.1, 0.15) is 29.5 Å². The average molecular weight is 436 g/mol. The van der Waals surface area contributed by atoms with Gasteiger partial charge < -0.3 is 23.8 Å². The molecule has 31 heavy (non-hydrogen) atoms. The van der Waals surface area contributed by atoms with Crippen molar-refractivity contribution in [1.82, 2.24) is 10.2 Å². The van der Waals surface area contributed by atoms with Crippen LogP contribution < -0.4 is 10.1 Å². The van der Waals surface area contributed by atoms with E-state index >= 15 is 0 Å². The maximum Gasteiger partial charge on any atom is 0.449 e. The minimum Gasteiger partial charge on any atom is -0.486 e. The summed E-state index contributed by atoms with van der Waals surface area (Å²) in [6, 6.07) is 7.17. The molecular formula is C22H23F3N2O4. The lowest BCUT2D eigenvalue weighted by Gasteiger charge is -2.29. The zero-order chi connectivity index (χ0) is 22.2. The van der Waals surface area contributed by atoms with E-state index in [1.54, 1.807) is 25.1 Å². The number of ether oxygens (including phenoxy) is 1. The van der Waals surface area contributed by atoms with Crippen molar-refractivity contribution in [1.29, 1.82) is 0 Å². The predicted octanol–water partition coefficient (Wildman–Crippen LogP) is 4.76. The van der Waals surface area contributed by atoms with Crippen molar-refractivity contribution >= 4 is 16.9 Å². The molecule has 1 N–H and O–H groups in total. The number of carbonyl (C=O) groups is 1. The monoisotopic (exact) mass is 436 g/mol. The van der Waals surface area contributed by atoms with Gasteiger partial charge in [-0.05, 0) is 70.2 Å². The molecule has 1 aromatic carbocycles. The maximum absolute atomic E-state index is 12.9. The molecule has 0 unspecified atom stereocenters. The molecule has 1 fully saturated rings. The SMILES string of the molecule is Cc1oc2ccc(OCc3ccc(C(F)(F)F)o3)cc2c1C(=O)NC1CCN(C)CC1. The largest absolute Gasteiger partial charge is 0.486 e. The summed E-state index contributed by atoms with van der Waals surface area (Å²) >= 11 is 0. The molecule has 1 aliphatic rings. The number of nitrogens with zero attached hydrogens (tertiary/aromatic N) is 1. The summed E-state index contributed by atoms with van der Waals surface area (Å²) in [6.07, 6.45) is -2.77. The number of amides is 1. The molecule has 1 saturated heterocycles. The van der Waals surface area contributed by atoms with E-state index in [1.807, 2.05) is 0 Å². The quantitative estimate of drug-likeness (QED) is 0.625. The first-order chi connectivity index (χ1) is 14.7. The molecule has 3 heterocycles. The fourth-order valence-corrected chi connectivity index (χ4v) is 3.74. The number of halogens is 3. The fraction of sp³-hybridized carbons (Fsp3) is 0.409. The number of piperidine rings is 1. The second-order valence-corrected chi connectivity index (χ2v) is 7.79. The van der Waals surface area contributed by atoms with Crippen LogP contribution >= 0.6 is 0 Å². The summed E-state index contributed by atoms with van der Waals surface area (Å²) in [5.41, 5.74) is 0.979. The number of carbonyl (C=O) groups excluding carboxylic acids is 1. The number of hydrogen-bond acceptors (Lipinski definition) is 5. The zero-order valence-corrected chi connectivity index (χ0v) is 17.2. The zero-order valence-electron chi connectivity index (χ0n) is 17.2. The molecule has 3 aromatic rings. The third-order valence-electron chi connectivity index (χ3n) is 5.44. The lowest BCUT2D eigenvalue weighted by Crippen LogP contribution is -2.43. The van der Waals surface area contributed by atoms with E-state index in [9.17, 15) is 18.0 Å². The Kier molecular flexibility index (Phi) is 5.70. The number of nitrogens with one attached hydrogen (secondary N) is 1. The summed E-state index contributed by atoms with van der Waals surface area (Å²) in [5, 5.41) is 3.67. The maximum atomic E-state index is 12.9. The highest BCUT2D eigenvalue weighted by molar-refractivity contribution is 6.07. The highest BCUT2D eigenvalue weighted by atomic mass is 19.4. The van der Waals surface area contributed by atoms with E-state index in [0.717, 1.165) is 32.0 Å². The van der Waals surface area contributed by atoms with E-state index in [-0.39, 0.29) is 24.3 Å². The van der Waals surface area contributed by atoms with Crippen LogP contribution in [-0.4, -0.2) is 37.0 Å². The van der Waals surface area contributed by atoms with Gasteiger partial charge in [0.25, 0.3) is 5.91 Å². The molecule has 6 nitrogen and oxygen atoms in total. The van der Waals surface area contributed by atoms with Crippen LogP contribution in [-0.2, 0) is 12.8 Å². The van der Waals surface area contributed by atoms with Gasteiger partial charge in [-0.25, -0.2) is 0 Å². The molecule has 0 radical (unpaired) electrons. The Labute approximate surface area is 176 Å². The highest BCUT2D eigenvalue weighted by Crippen LogP contribution is 2.32. The summed E-state index contributed by atoms with van der Waals surface area (Å²) in [6.45, 7) is 3.41. The Hall–Kier alpha value is -2.94. The van der Waals surface area contributed by atoms with Gasteiger partial charge in [-0.3, -0.25) is 4.79 Å². The first-order valence-corrected chi connectivity index (χ1v) is 10.0. The van der Waals surface area contributed by atoms with Gasteiger partial charge in [0.05, 0.1) is 5.56 Å². The van der Waals surface area contributed by atoms with Crippen molar-refractivity contribution in [3.05, 3.63) is 53.2 Å². The number of furan rings is 2. The number of benzene rings is 1. The smallest absolute Gasteiger partial charge is 0.449 e. The topological polar surface area (TPSA) is 67.8 Å². The van der Waals surface area contributed by atoms with E-state index in [1.165, 1.54) is 6.07 Å². The molecular weight excluding hydrogens is 413 g/mol. The number of alkyl halides is 3. The van der Waals surface area contributed by atoms with Crippen LogP contribution in [0.15, 0.2) is 39.2 Å². The van der Waals surface area contributed by atoms with Gasteiger partial charge >= 0.3 is 6.18 Å². The van der Waals surface area contributed by atoms with E-state index < -0.39 is 11.9 Å². The number of rotatable bonds is 5. The first kappa shape index (κ1) is 21.3. The minimum absolute atomic E-state index is 0.0519. The predicted molar refractivity (Wildman–Crippen MR) is 107 cm³/mol. The molecule has 1 amide bonds. The number of fused-ring (bicyclic) bond motifs is 1. The molecule has 166 valence electrons. The van der Waals surface area contributed by atoms with Gasteiger partial charge in [0.2, 0.25) is 5.76 Å².